The number of nitrogens with zero attached hydrogens (tertiary/aromatic N) is 3. The zero-order chi connectivity index (χ0) is 19.2. The van der Waals surface area contributed by atoms with Crippen LogP contribution in [0.15, 0.2) is 54.6 Å². The van der Waals surface area contributed by atoms with Gasteiger partial charge in [-0.1, -0.05) is 12.1 Å². The van der Waals surface area contributed by atoms with Crippen LogP contribution in [0.3, 0.4) is 0 Å². The maximum atomic E-state index is 12.1. The van der Waals surface area contributed by atoms with Crippen LogP contribution in [0.2, 0.25) is 0 Å². The number of carbonyl (C=O) groups is 1. The maximum absolute atomic E-state index is 12.1. The second-order valence-corrected chi connectivity index (χ2v) is 6.48. The fourth-order valence-electron chi connectivity index (χ4n) is 2.96. The Labute approximate surface area is 158 Å². The van der Waals surface area contributed by atoms with Gasteiger partial charge in [0.2, 0.25) is 5.91 Å². The summed E-state index contributed by atoms with van der Waals surface area (Å²) >= 11 is 0. The Hall–Kier alpha value is -3.19. The lowest BCUT2D eigenvalue weighted by molar-refractivity contribution is -0.385. The molecule has 27 heavy (non-hydrogen) atoms. The molecule has 3 rings (SSSR count). The molecule has 0 aromatic heterocycles. The lowest BCUT2D eigenvalue weighted by Crippen LogP contribution is -2.44. The molecule has 140 valence electrons. The van der Waals surface area contributed by atoms with E-state index in [1.807, 2.05) is 24.3 Å². The normalized spacial score (nSPS) is 15.1. The molecule has 1 heterocycles. The third-order valence-corrected chi connectivity index (χ3v) is 4.55. The highest BCUT2D eigenvalue weighted by Gasteiger charge is 2.14. The number of carbonyl (C=O) groups excluding carboxylic acids is 1. The number of likely N-dealkylation sites (N-methyl/N-ethyl adjacent to an activating group) is 1. The van der Waals surface area contributed by atoms with Crippen molar-refractivity contribution in [3.63, 3.8) is 0 Å². The number of amides is 1. The van der Waals surface area contributed by atoms with Crippen molar-refractivity contribution in [3.05, 3.63) is 70.3 Å². The van der Waals surface area contributed by atoms with E-state index < -0.39 is 4.92 Å². The van der Waals surface area contributed by atoms with Crippen molar-refractivity contribution in [2.24, 2.45) is 0 Å². The van der Waals surface area contributed by atoms with Gasteiger partial charge in [-0.15, -0.1) is 0 Å². The van der Waals surface area contributed by atoms with Gasteiger partial charge in [0.25, 0.3) is 5.69 Å². The molecule has 1 aliphatic rings. The van der Waals surface area contributed by atoms with Crippen LogP contribution in [-0.2, 0) is 4.79 Å². The zero-order valence-electron chi connectivity index (χ0n) is 15.2. The van der Waals surface area contributed by atoms with Crippen molar-refractivity contribution < 1.29 is 9.72 Å². The van der Waals surface area contributed by atoms with Gasteiger partial charge in [0, 0.05) is 49.7 Å². The highest BCUT2D eigenvalue weighted by Crippen LogP contribution is 2.20. The van der Waals surface area contributed by atoms with E-state index in [0.717, 1.165) is 31.9 Å². The summed E-state index contributed by atoms with van der Waals surface area (Å²) in [4.78, 5) is 27.3. The topological polar surface area (TPSA) is 78.7 Å². The summed E-state index contributed by atoms with van der Waals surface area (Å²) in [6.07, 6.45) is 2.75. The van der Waals surface area contributed by atoms with Gasteiger partial charge >= 0.3 is 0 Å². The first-order valence-electron chi connectivity index (χ1n) is 8.79. The number of hydrogen-bond acceptors (Lipinski definition) is 5. The number of hydrogen-bond donors (Lipinski definition) is 1. The van der Waals surface area contributed by atoms with E-state index in [1.54, 1.807) is 18.2 Å². The van der Waals surface area contributed by atoms with Crippen molar-refractivity contribution in [1.82, 2.24) is 4.90 Å². The van der Waals surface area contributed by atoms with Crippen molar-refractivity contribution in [2.45, 2.75) is 0 Å². The molecule has 0 aliphatic carbocycles. The van der Waals surface area contributed by atoms with Crippen LogP contribution < -0.4 is 10.2 Å². The van der Waals surface area contributed by atoms with Gasteiger partial charge in [0.1, 0.15) is 0 Å². The standard InChI is InChI=1S/C20H22N4O3/c1-22-12-14-23(15-13-22)18-9-7-17(8-10-18)21-20(25)11-6-16-4-2-3-5-19(16)24(26)27/h2-11H,12-15H2,1H3,(H,21,25). The maximum Gasteiger partial charge on any atom is 0.276 e. The Morgan fingerprint density at radius 3 is 2.41 bits per heavy atom. The fourth-order valence-corrected chi connectivity index (χ4v) is 2.96. The van der Waals surface area contributed by atoms with Crippen molar-refractivity contribution in [1.29, 1.82) is 0 Å². The molecule has 0 unspecified atom stereocenters. The Kier molecular flexibility index (Phi) is 5.83. The summed E-state index contributed by atoms with van der Waals surface area (Å²) in [5.41, 5.74) is 2.18. The predicted molar refractivity (Wildman–Crippen MR) is 107 cm³/mol. The number of piperazine rings is 1. The quantitative estimate of drug-likeness (QED) is 0.500. The molecular formula is C20H22N4O3. The summed E-state index contributed by atoms with van der Waals surface area (Å²) in [6.45, 7) is 4.05. The van der Waals surface area contributed by atoms with Gasteiger partial charge < -0.3 is 15.1 Å². The van der Waals surface area contributed by atoms with Crippen molar-refractivity contribution in [2.75, 3.05) is 43.4 Å². The summed E-state index contributed by atoms with van der Waals surface area (Å²) < 4.78 is 0. The second-order valence-electron chi connectivity index (χ2n) is 6.48. The summed E-state index contributed by atoms with van der Waals surface area (Å²) in [7, 11) is 2.12. The van der Waals surface area contributed by atoms with Gasteiger partial charge in [0.05, 0.1) is 10.5 Å². The minimum absolute atomic E-state index is 0.0296. The summed E-state index contributed by atoms with van der Waals surface area (Å²) in [5, 5.41) is 13.8. The number of nitro benzene ring substituents is 1. The van der Waals surface area contributed by atoms with E-state index in [1.165, 1.54) is 18.2 Å². The van der Waals surface area contributed by atoms with Crippen molar-refractivity contribution in [3.8, 4) is 0 Å². The van der Waals surface area contributed by atoms with Crippen LogP contribution in [-0.4, -0.2) is 49.0 Å². The monoisotopic (exact) mass is 366 g/mol. The van der Waals surface area contributed by atoms with E-state index in [4.69, 9.17) is 0 Å². The van der Waals surface area contributed by atoms with E-state index >= 15 is 0 Å². The molecule has 7 heteroatoms. The van der Waals surface area contributed by atoms with E-state index in [9.17, 15) is 14.9 Å². The molecule has 0 spiro atoms. The third-order valence-electron chi connectivity index (χ3n) is 4.55. The molecule has 1 amide bonds. The second kappa shape index (κ2) is 8.46. The predicted octanol–water partition coefficient (Wildman–Crippen LogP) is 3.00. The first kappa shape index (κ1) is 18.6. The van der Waals surface area contributed by atoms with Gasteiger partial charge in [0.15, 0.2) is 0 Å². The minimum Gasteiger partial charge on any atom is -0.369 e. The van der Waals surface area contributed by atoms with Crippen LogP contribution in [0.4, 0.5) is 17.1 Å². The zero-order valence-corrected chi connectivity index (χ0v) is 15.2. The SMILES string of the molecule is CN1CCN(c2ccc(NC(=O)C=Cc3ccccc3[N+](=O)[O-])cc2)CC1. The Bertz CT molecular complexity index is 841. The molecule has 1 N–H and O–H groups in total. The largest absolute Gasteiger partial charge is 0.369 e. The molecule has 0 atom stereocenters. The fraction of sp³-hybridized carbons (Fsp3) is 0.250. The average Bonchev–Trinajstić information content (AvgIpc) is 2.68. The minimum atomic E-state index is -0.464. The Balaban J connectivity index is 1.60. The van der Waals surface area contributed by atoms with Crippen molar-refractivity contribution >= 4 is 29.0 Å². The smallest absolute Gasteiger partial charge is 0.276 e. The number of rotatable bonds is 5. The number of benzene rings is 2. The number of nitro groups is 1. The molecule has 7 nitrogen and oxygen atoms in total. The summed E-state index contributed by atoms with van der Waals surface area (Å²) in [6, 6.07) is 14.0. The lowest BCUT2D eigenvalue weighted by Gasteiger charge is -2.34. The van der Waals surface area contributed by atoms with Crippen LogP contribution in [0.1, 0.15) is 5.56 Å². The molecule has 1 aliphatic heterocycles. The van der Waals surface area contributed by atoms with Crippen LogP contribution in [0, 0.1) is 10.1 Å². The van der Waals surface area contributed by atoms with Gasteiger partial charge in [-0.05, 0) is 43.5 Å². The molecule has 0 radical (unpaired) electrons. The van der Waals surface area contributed by atoms with E-state index in [0.29, 0.717) is 11.3 Å². The molecule has 1 saturated heterocycles. The van der Waals surface area contributed by atoms with Gasteiger partial charge in [-0.2, -0.15) is 0 Å². The number of anilines is 2. The highest BCUT2D eigenvalue weighted by atomic mass is 16.6. The first-order chi connectivity index (χ1) is 13.0. The molecule has 2 aromatic carbocycles. The van der Waals surface area contributed by atoms with E-state index in [2.05, 4.69) is 22.2 Å². The Morgan fingerprint density at radius 2 is 1.74 bits per heavy atom. The third kappa shape index (κ3) is 4.92. The van der Waals surface area contributed by atoms with Crippen LogP contribution >= 0.6 is 0 Å². The lowest BCUT2D eigenvalue weighted by atomic mass is 10.1. The molecule has 2 aromatic rings. The van der Waals surface area contributed by atoms with E-state index in [-0.39, 0.29) is 11.6 Å². The van der Waals surface area contributed by atoms with Crippen LogP contribution in [0.5, 0.6) is 0 Å². The highest BCUT2D eigenvalue weighted by molar-refractivity contribution is 6.02. The molecule has 0 saturated carbocycles. The molecule has 1 fully saturated rings. The van der Waals surface area contributed by atoms with Crippen LogP contribution in [0.25, 0.3) is 6.08 Å². The molecule has 0 bridgehead atoms. The Morgan fingerprint density at radius 1 is 1.07 bits per heavy atom. The number of para-hydroxylation sites is 1. The molecular weight excluding hydrogens is 344 g/mol. The van der Waals surface area contributed by atoms with Gasteiger partial charge in [-0.25, -0.2) is 0 Å². The average molecular weight is 366 g/mol. The van der Waals surface area contributed by atoms with Gasteiger partial charge in [-0.3, -0.25) is 14.9 Å². The number of nitrogens with one attached hydrogen (secondary N) is 1. The summed E-state index contributed by atoms with van der Waals surface area (Å²) in [5.74, 6) is -0.333. The first-order valence-corrected chi connectivity index (χ1v) is 8.79.